The molecule has 2 aromatic carbocycles. The molecule has 0 aromatic heterocycles. The first kappa shape index (κ1) is 14.1. The first-order chi connectivity index (χ1) is 8.99. The molecule has 0 saturated carbocycles. The highest BCUT2D eigenvalue weighted by Crippen LogP contribution is 2.25. The van der Waals surface area contributed by atoms with Crippen molar-refractivity contribution in [2.75, 3.05) is 5.73 Å². The largest absolute Gasteiger partial charge is 0.399 e. The van der Waals surface area contributed by atoms with Gasteiger partial charge < -0.3 is 5.73 Å². The minimum atomic E-state index is -1.16. The van der Waals surface area contributed by atoms with E-state index < -0.39 is 10.8 Å². The summed E-state index contributed by atoms with van der Waals surface area (Å²) in [6, 6.07) is 11.2. The first-order valence-electron chi connectivity index (χ1n) is 5.97. The molecule has 0 heterocycles. The van der Waals surface area contributed by atoms with Crippen molar-refractivity contribution in [3.63, 3.8) is 0 Å². The van der Waals surface area contributed by atoms with E-state index in [9.17, 15) is 4.21 Å². The summed E-state index contributed by atoms with van der Waals surface area (Å²) in [6.45, 7) is 4.06. The maximum atomic E-state index is 12.4. The maximum Gasteiger partial charge on any atom is 0.0589 e. The number of rotatable bonds is 3. The Kier molecular flexibility index (Phi) is 4.27. The number of anilines is 1. The fraction of sp³-hybridized carbons (Fsp3) is 0.200. The monoisotopic (exact) mass is 293 g/mol. The van der Waals surface area contributed by atoms with Gasteiger partial charge in [0.1, 0.15) is 0 Å². The van der Waals surface area contributed by atoms with Crippen molar-refractivity contribution in [3.05, 3.63) is 58.1 Å². The van der Waals surface area contributed by atoms with Crippen LogP contribution in [0.1, 0.15) is 16.7 Å². The predicted octanol–water partition coefficient (Wildman–Crippen LogP) is 3.85. The van der Waals surface area contributed by atoms with Gasteiger partial charge in [-0.05, 0) is 48.7 Å². The summed E-state index contributed by atoms with van der Waals surface area (Å²) < 4.78 is 12.4. The Morgan fingerprint density at radius 3 is 2.37 bits per heavy atom. The molecule has 2 nitrogen and oxygen atoms in total. The Hall–Kier alpha value is -1.32. The van der Waals surface area contributed by atoms with Crippen LogP contribution in [-0.2, 0) is 16.6 Å². The van der Waals surface area contributed by atoms with E-state index in [1.807, 2.05) is 32.0 Å². The van der Waals surface area contributed by atoms with E-state index in [-0.39, 0.29) is 0 Å². The molecule has 1 atom stereocenters. The molecule has 0 amide bonds. The van der Waals surface area contributed by atoms with Crippen molar-refractivity contribution < 1.29 is 4.21 Å². The zero-order chi connectivity index (χ0) is 14.0. The molecule has 4 heteroatoms. The van der Waals surface area contributed by atoms with Crippen molar-refractivity contribution in [1.82, 2.24) is 0 Å². The van der Waals surface area contributed by atoms with E-state index in [0.29, 0.717) is 21.4 Å². The van der Waals surface area contributed by atoms with Gasteiger partial charge in [-0.3, -0.25) is 4.21 Å². The van der Waals surface area contributed by atoms with Gasteiger partial charge in [0.05, 0.1) is 26.5 Å². The van der Waals surface area contributed by atoms with Crippen LogP contribution >= 0.6 is 11.6 Å². The molecular formula is C15H16ClNOS. The second-order valence-corrected chi connectivity index (χ2v) is 6.38. The Bertz CT molecular complexity index is 620. The maximum absolute atomic E-state index is 12.4. The van der Waals surface area contributed by atoms with Crippen LogP contribution < -0.4 is 5.73 Å². The molecule has 0 fully saturated rings. The van der Waals surface area contributed by atoms with Crippen LogP contribution in [0.2, 0.25) is 5.02 Å². The molecule has 0 bridgehead atoms. The second-order valence-electron chi connectivity index (χ2n) is 4.55. The van der Waals surface area contributed by atoms with Crippen LogP contribution in [0.25, 0.3) is 0 Å². The summed E-state index contributed by atoms with van der Waals surface area (Å²) >= 11 is 6.10. The number of hydrogen-bond acceptors (Lipinski definition) is 2. The molecule has 100 valence electrons. The van der Waals surface area contributed by atoms with Gasteiger partial charge in [-0.25, -0.2) is 0 Å². The normalized spacial score (nSPS) is 12.4. The van der Waals surface area contributed by atoms with Crippen LogP contribution in [0.5, 0.6) is 0 Å². The van der Waals surface area contributed by atoms with E-state index in [1.165, 1.54) is 0 Å². The lowest BCUT2D eigenvalue weighted by Crippen LogP contribution is -2.02. The standard InChI is InChI=1S/C15H16ClNOS/c1-10-4-3-5-11(2)13(10)9-19(18)15-7-6-12(17)8-14(15)16/h3-8H,9,17H2,1-2H3. The molecule has 2 N–H and O–H groups in total. The van der Waals surface area contributed by atoms with Crippen LogP contribution in [-0.4, -0.2) is 4.21 Å². The second kappa shape index (κ2) is 5.76. The molecule has 0 spiro atoms. The quantitative estimate of drug-likeness (QED) is 0.874. The molecule has 2 aromatic rings. The Morgan fingerprint density at radius 1 is 1.16 bits per heavy atom. The van der Waals surface area contributed by atoms with E-state index in [4.69, 9.17) is 17.3 Å². The summed E-state index contributed by atoms with van der Waals surface area (Å²) in [4.78, 5) is 0.638. The van der Waals surface area contributed by atoms with Crippen LogP contribution in [0, 0.1) is 13.8 Å². The molecule has 0 aliphatic heterocycles. The summed E-state index contributed by atoms with van der Waals surface area (Å²) in [5, 5.41) is 0.463. The number of nitrogen functional groups attached to an aromatic ring is 1. The number of aryl methyl sites for hydroxylation is 2. The van der Waals surface area contributed by atoms with E-state index in [0.717, 1.165) is 16.7 Å². The first-order valence-corrected chi connectivity index (χ1v) is 7.67. The van der Waals surface area contributed by atoms with Crippen molar-refractivity contribution in [3.8, 4) is 0 Å². The highest BCUT2D eigenvalue weighted by atomic mass is 35.5. The minimum absolute atomic E-state index is 0.463. The van der Waals surface area contributed by atoms with Gasteiger partial charge >= 0.3 is 0 Å². The SMILES string of the molecule is Cc1cccc(C)c1CS(=O)c1ccc(N)cc1Cl. The fourth-order valence-electron chi connectivity index (χ4n) is 1.99. The third-order valence-electron chi connectivity index (χ3n) is 3.12. The lowest BCUT2D eigenvalue weighted by Gasteiger charge is -2.10. The molecule has 1 unspecified atom stereocenters. The number of benzene rings is 2. The Morgan fingerprint density at radius 2 is 1.79 bits per heavy atom. The van der Waals surface area contributed by atoms with Gasteiger partial charge in [-0.15, -0.1) is 0 Å². The average Bonchev–Trinajstić information content (AvgIpc) is 2.33. The zero-order valence-corrected chi connectivity index (χ0v) is 12.5. The zero-order valence-electron chi connectivity index (χ0n) is 10.9. The fourth-order valence-corrected chi connectivity index (χ4v) is 3.80. The van der Waals surface area contributed by atoms with Gasteiger partial charge in [-0.2, -0.15) is 0 Å². The molecule has 0 saturated heterocycles. The summed E-state index contributed by atoms with van der Waals surface area (Å²) in [5.74, 6) is 0.474. The van der Waals surface area contributed by atoms with Gasteiger partial charge in [0.25, 0.3) is 0 Å². The molecule has 0 aliphatic carbocycles. The lowest BCUT2D eigenvalue weighted by molar-refractivity contribution is 0.682. The number of hydrogen-bond donors (Lipinski definition) is 1. The molecule has 19 heavy (non-hydrogen) atoms. The Labute approximate surface area is 121 Å². The Balaban J connectivity index is 2.31. The van der Waals surface area contributed by atoms with Crippen molar-refractivity contribution in [2.45, 2.75) is 24.5 Å². The van der Waals surface area contributed by atoms with Crippen molar-refractivity contribution in [2.24, 2.45) is 0 Å². The van der Waals surface area contributed by atoms with E-state index in [1.54, 1.807) is 18.2 Å². The van der Waals surface area contributed by atoms with Crippen molar-refractivity contribution >= 4 is 28.1 Å². The van der Waals surface area contributed by atoms with Gasteiger partial charge in [0, 0.05) is 5.69 Å². The number of halogens is 1. The summed E-state index contributed by atoms with van der Waals surface area (Å²) in [6.07, 6.45) is 0. The molecular weight excluding hydrogens is 278 g/mol. The van der Waals surface area contributed by atoms with Gasteiger partial charge in [-0.1, -0.05) is 29.8 Å². The summed E-state index contributed by atoms with van der Waals surface area (Å²) in [5.41, 5.74) is 9.65. The van der Waals surface area contributed by atoms with E-state index >= 15 is 0 Å². The molecule has 0 radical (unpaired) electrons. The smallest absolute Gasteiger partial charge is 0.0589 e. The third-order valence-corrected chi connectivity index (χ3v) is 4.94. The highest BCUT2D eigenvalue weighted by Gasteiger charge is 2.12. The molecule has 0 aliphatic rings. The van der Waals surface area contributed by atoms with Crippen LogP contribution in [0.4, 0.5) is 5.69 Å². The number of nitrogens with two attached hydrogens (primary N) is 1. The van der Waals surface area contributed by atoms with Crippen LogP contribution in [0.3, 0.4) is 0 Å². The minimum Gasteiger partial charge on any atom is -0.399 e. The highest BCUT2D eigenvalue weighted by molar-refractivity contribution is 7.84. The van der Waals surface area contributed by atoms with Crippen LogP contribution in [0.15, 0.2) is 41.3 Å². The average molecular weight is 294 g/mol. The topological polar surface area (TPSA) is 43.1 Å². The van der Waals surface area contributed by atoms with Crippen molar-refractivity contribution in [1.29, 1.82) is 0 Å². The van der Waals surface area contributed by atoms with Gasteiger partial charge in [0.2, 0.25) is 0 Å². The van der Waals surface area contributed by atoms with Gasteiger partial charge in [0.15, 0.2) is 0 Å². The molecule has 2 rings (SSSR count). The summed E-state index contributed by atoms with van der Waals surface area (Å²) in [7, 11) is -1.16. The van der Waals surface area contributed by atoms with E-state index in [2.05, 4.69) is 0 Å². The third kappa shape index (κ3) is 3.17. The lowest BCUT2D eigenvalue weighted by atomic mass is 10.1. The predicted molar refractivity (Wildman–Crippen MR) is 81.9 cm³/mol.